The summed E-state index contributed by atoms with van der Waals surface area (Å²) in [5.74, 6) is 0.839. The first-order chi connectivity index (χ1) is 12.5. The summed E-state index contributed by atoms with van der Waals surface area (Å²) in [4.78, 5) is 12.7. The van der Waals surface area contributed by atoms with E-state index in [1.807, 2.05) is 31.2 Å². The molecule has 1 heterocycles. The third kappa shape index (κ3) is 3.77. The Morgan fingerprint density at radius 1 is 1.31 bits per heavy atom. The maximum atomic E-state index is 12.7. The second-order valence-electron chi connectivity index (χ2n) is 6.25. The van der Waals surface area contributed by atoms with Gasteiger partial charge in [-0.2, -0.15) is 5.10 Å². The summed E-state index contributed by atoms with van der Waals surface area (Å²) in [6.07, 6.45) is 3.42. The molecule has 0 radical (unpaired) electrons. The Labute approximate surface area is 157 Å². The minimum atomic E-state index is -0.261. The predicted octanol–water partition coefficient (Wildman–Crippen LogP) is 3.28. The van der Waals surface area contributed by atoms with Crippen molar-refractivity contribution in [2.75, 3.05) is 5.32 Å². The number of furan rings is 1. The number of hydrogen-bond acceptors (Lipinski definition) is 4. The Balaban J connectivity index is 1.85. The van der Waals surface area contributed by atoms with Gasteiger partial charge in [-0.1, -0.05) is 19.1 Å². The molecular formula is C19H22N4O2S. The molecule has 1 aliphatic rings. The molecule has 1 amide bonds. The highest BCUT2D eigenvalue weighted by Crippen LogP contribution is 2.30. The lowest BCUT2D eigenvalue weighted by atomic mass is 9.93. The van der Waals surface area contributed by atoms with Crippen molar-refractivity contribution in [1.82, 2.24) is 5.43 Å². The molecule has 1 aliphatic carbocycles. The van der Waals surface area contributed by atoms with Gasteiger partial charge in [-0.3, -0.25) is 10.2 Å². The smallest absolute Gasteiger partial charge is 0.291 e. The molecule has 0 aliphatic heterocycles. The van der Waals surface area contributed by atoms with Crippen molar-refractivity contribution >= 4 is 34.6 Å². The molecule has 26 heavy (non-hydrogen) atoms. The van der Waals surface area contributed by atoms with Gasteiger partial charge in [-0.25, -0.2) is 0 Å². The average Bonchev–Trinajstić information content (AvgIpc) is 2.98. The van der Waals surface area contributed by atoms with E-state index < -0.39 is 0 Å². The molecule has 0 fully saturated rings. The third-order valence-corrected chi connectivity index (χ3v) is 4.54. The SMILES string of the molecule is CCc1ccc(NC(=O)c2oc3c(c2C)/C(=N/NC(N)=S)CCC3)cc1. The normalized spacial score (nSPS) is 14.8. The topological polar surface area (TPSA) is 92.6 Å². The lowest BCUT2D eigenvalue weighted by molar-refractivity contribution is 0.0994. The highest BCUT2D eigenvalue weighted by molar-refractivity contribution is 7.80. The van der Waals surface area contributed by atoms with Crippen molar-refractivity contribution in [3.63, 3.8) is 0 Å². The molecule has 0 spiro atoms. The van der Waals surface area contributed by atoms with Crippen molar-refractivity contribution in [3.8, 4) is 0 Å². The fraction of sp³-hybridized carbons (Fsp3) is 0.316. The summed E-state index contributed by atoms with van der Waals surface area (Å²) in [7, 11) is 0. The first-order valence-corrected chi connectivity index (χ1v) is 9.05. The van der Waals surface area contributed by atoms with E-state index in [1.54, 1.807) is 0 Å². The molecule has 1 aromatic heterocycles. The van der Waals surface area contributed by atoms with Crippen LogP contribution in [0.5, 0.6) is 0 Å². The van der Waals surface area contributed by atoms with Gasteiger partial charge >= 0.3 is 0 Å². The minimum absolute atomic E-state index is 0.110. The first kappa shape index (κ1) is 18.1. The number of nitrogens with zero attached hydrogens (tertiary/aromatic N) is 1. The molecule has 0 saturated carbocycles. The quantitative estimate of drug-likeness (QED) is 0.567. The second kappa shape index (κ2) is 7.70. The Kier molecular flexibility index (Phi) is 5.37. The number of hydrazone groups is 1. The molecule has 0 saturated heterocycles. The summed E-state index contributed by atoms with van der Waals surface area (Å²) in [6, 6.07) is 7.80. The van der Waals surface area contributed by atoms with Gasteiger partial charge in [0.05, 0.1) is 5.71 Å². The fourth-order valence-corrected chi connectivity index (χ4v) is 3.18. The Bertz CT molecular complexity index is 868. The maximum absolute atomic E-state index is 12.7. The van der Waals surface area contributed by atoms with Gasteiger partial charge in [-0.15, -0.1) is 0 Å². The van der Waals surface area contributed by atoms with Gasteiger partial charge in [0.1, 0.15) is 5.76 Å². The zero-order chi connectivity index (χ0) is 18.7. The van der Waals surface area contributed by atoms with Gasteiger partial charge in [0.25, 0.3) is 5.91 Å². The largest absolute Gasteiger partial charge is 0.455 e. The van der Waals surface area contributed by atoms with Crippen LogP contribution in [0.4, 0.5) is 5.69 Å². The van der Waals surface area contributed by atoms with Crippen LogP contribution >= 0.6 is 12.2 Å². The van der Waals surface area contributed by atoms with Gasteiger partial charge in [0, 0.05) is 23.2 Å². The van der Waals surface area contributed by atoms with Crippen LogP contribution in [0.15, 0.2) is 33.8 Å². The number of fused-ring (bicyclic) bond motifs is 1. The van der Waals surface area contributed by atoms with Crippen LogP contribution in [-0.4, -0.2) is 16.7 Å². The number of carbonyl (C=O) groups excluding carboxylic acids is 1. The van der Waals surface area contributed by atoms with E-state index >= 15 is 0 Å². The van der Waals surface area contributed by atoms with Gasteiger partial charge in [0.2, 0.25) is 0 Å². The summed E-state index contributed by atoms with van der Waals surface area (Å²) >= 11 is 4.81. The van der Waals surface area contributed by atoms with Crippen LogP contribution in [-0.2, 0) is 12.8 Å². The van der Waals surface area contributed by atoms with Crippen LogP contribution in [0.25, 0.3) is 0 Å². The van der Waals surface area contributed by atoms with Crippen LogP contribution in [0.2, 0.25) is 0 Å². The Morgan fingerprint density at radius 3 is 2.69 bits per heavy atom. The number of rotatable bonds is 4. The zero-order valence-electron chi connectivity index (χ0n) is 14.9. The van der Waals surface area contributed by atoms with E-state index in [-0.39, 0.29) is 11.0 Å². The zero-order valence-corrected chi connectivity index (χ0v) is 15.7. The molecule has 6 nitrogen and oxygen atoms in total. The van der Waals surface area contributed by atoms with Gasteiger partial charge < -0.3 is 15.5 Å². The maximum Gasteiger partial charge on any atom is 0.291 e. The summed E-state index contributed by atoms with van der Waals surface area (Å²) in [5.41, 5.74) is 12.5. The molecule has 0 unspecified atom stereocenters. The molecule has 0 atom stereocenters. The van der Waals surface area contributed by atoms with Crippen LogP contribution < -0.4 is 16.5 Å². The lowest BCUT2D eigenvalue weighted by Crippen LogP contribution is -2.26. The summed E-state index contributed by atoms with van der Waals surface area (Å²) in [6.45, 7) is 3.97. The standard InChI is InChI=1S/C19H22N4O2S/c1-3-12-7-9-13(10-8-12)21-18(24)17-11(2)16-14(22-23-19(20)26)5-4-6-15(16)25-17/h7-10H,3-6H2,1-2H3,(H,21,24)(H3,20,23,26)/b22-14+. The molecule has 2 aromatic rings. The van der Waals surface area contributed by atoms with E-state index in [4.69, 9.17) is 22.4 Å². The monoisotopic (exact) mass is 370 g/mol. The number of carbonyl (C=O) groups is 1. The highest BCUT2D eigenvalue weighted by atomic mass is 32.1. The molecule has 136 valence electrons. The lowest BCUT2D eigenvalue weighted by Gasteiger charge is -2.13. The fourth-order valence-electron chi connectivity index (χ4n) is 3.13. The number of aryl methyl sites for hydroxylation is 2. The van der Waals surface area contributed by atoms with Crippen molar-refractivity contribution in [3.05, 3.63) is 52.5 Å². The van der Waals surface area contributed by atoms with Crippen molar-refractivity contribution in [2.45, 2.75) is 39.5 Å². The molecule has 4 N–H and O–H groups in total. The Hall–Kier alpha value is -2.67. The first-order valence-electron chi connectivity index (χ1n) is 8.64. The molecular weight excluding hydrogens is 348 g/mol. The van der Waals surface area contributed by atoms with Crippen LogP contribution in [0, 0.1) is 6.92 Å². The molecule has 0 bridgehead atoms. The van der Waals surface area contributed by atoms with E-state index in [0.717, 1.165) is 54.0 Å². The average molecular weight is 370 g/mol. The van der Waals surface area contributed by atoms with Gasteiger partial charge in [-0.05, 0) is 56.1 Å². The van der Waals surface area contributed by atoms with E-state index in [0.29, 0.717) is 5.76 Å². The number of benzene rings is 1. The summed E-state index contributed by atoms with van der Waals surface area (Å²) in [5, 5.41) is 7.28. The number of nitrogens with one attached hydrogen (secondary N) is 2. The number of hydrogen-bond donors (Lipinski definition) is 3. The minimum Gasteiger partial charge on any atom is -0.455 e. The van der Waals surface area contributed by atoms with E-state index in [2.05, 4.69) is 22.8 Å². The van der Waals surface area contributed by atoms with Crippen molar-refractivity contribution < 1.29 is 9.21 Å². The van der Waals surface area contributed by atoms with Crippen molar-refractivity contribution in [2.24, 2.45) is 10.8 Å². The number of amides is 1. The Morgan fingerprint density at radius 2 is 2.04 bits per heavy atom. The number of thiocarbonyl (C=S) groups is 1. The molecule has 7 heteroatoms. The van der Waals surface area contributed by atoms with Crippen LogP contribution in [0.3, 0.4) is 0 Å². The number of anilines is 1. The highest BCUT2D eigenvalue weighted by Gasteiger charge is 2.28. The van der Waals surface area contributed by atoms with E-state index in [1.165, 1.54) is 5.56 Å². The molecule has 3 rings (SSSR count). The third-order valence-electron chi connectivity index (χ3n) is 4.45. The van der Waals surface area contributed by atoms with E-state index in [9.17, 15) is 4.79 Å². The second-order valence-corrected chi connectivity index (χ2v) is 6.69. The van der Waals surface area contributed by atoms with Gasteiger partial charge in [0.15, 0.2) is 10.9 Å². The predicted molar refractivity (Wildman–Crippen MR) is 107 cm³/mol. The van der Waals surface area contributed by atoms with Crippen LogP contribution in [0.1, 0.15) is 52.8 Å². The summed E-state index contributed by atoms with van der Waals surface area (Å²) < 4.78 is 5.87. The molecule has 1 aromatic carbocycles. The number of nitrogens with two attached hydrogens (primary N) is 1. The van der Waals surface area contributed by atoms with Crippen molar-refractivity contribution in [1.29, 1.82) is 0 Å².